The van der Waals surface area contributed by atoms with Gasteiger partial charge in [-0.1, -0.05) is 0 Å². The molecule has 1 aliphatic heterocycles. The van der Waals surface area contributed by atoms with Crippen LogP contribution in [0.1, 0.15) is 12.6 Å². The molecule has 1 fully saturated rings. The molecule has 11 heteroatoms. The lowest BCUT2D eigenvalue weighted by Crippen LogP contribution is -2.44. The van der Waals surface area contributed by atoms with Gasteiger partial charge in [-0.3, -0.25) is 4.72 Å². The highest BCUT2D eigenvalue weighted by atomic mass is 32.2. The van der Waals surface area contributed by atoms with Gasteiger partial charge in [0.1, 0.15) is 5.82 Å². The molecule has 1 aromatic heterocycles. The monoisotopic (exact) mass is 440 g/mol. The minimum Gasteiger partial charge on any atom is -0.377 e. The first-order valence-electron chi connectivity index (χ1n) is 8.98. The minimum absolute atomic E-state index is 0.0962. The highest BCUT2D eigenvalue weighted by Gasteiger charge is 2.22. The summed E-state index contributed by atoms with van der Waals surface area (Å²) in [6.45, 7) is 3.79. The Kier molecular flexibility index (Phi) is 6.11. The smallest absolute Gasteiger partial charge is 0.229 e. The molecule has 158 valence electrons. The molecule has 0 aliphatic carbocycles. The second kappa shape index (κ2) is 8.25. The first-order valence-corrected chi connectivity index (χ1v) is 12.9. The molecular formula is C18H24N4O5S2. The summed E-state index contributed by atoms with van der Waals surface area (Å²) in [5.41, 5.74) is 1.48. The Morgan fingerprint density at radius 3 is 2.41 bits per heavy atom. The molecule has 2 heterocycles. The minimum atomic E-state index is -3.38. The Morgan fingerprint density at radius 2 is 1.83 bits per heavy atom. The number of rotatable bonds is 6. The first kappa shape index (κ1) is 21.5. The van der Waals surface area contributed by atoms with Crippen LogP contribution in [0.2, 0.25) is 0 Å². The van der Waals surface area contributed by atoms with Gasteiger partial charge in [0.15, 0.2) is 15.7 Å². The van der Waals surface area contributed by atoms with Crippen LogP contribution in [0.15, 0.2) is 30.3 Å². The average Bonchev–Trinajstić information content (AvgIpc) is 2.59. The van der Waals surface area contributed by atoms with Crippen molar-refractivity contribution in [3.8, 4) is 11.4 Å². The summed E-state index contributed by atoms with van der Waals surface area (Å²) in [5, 5.41) is 0. The van der Waals surface area contributed by atoms with E-state index in [0.29, 0.717) is 48.3 Å². The third-order valence-corrected chi connectivity index (χ3v) is 5.71. The number of hydrogen-bond acceptors (Lipinski definition) is 8. The number of ether oxygens (including phenoxy) is 1. The molecule has 0 spiro atoms. The number of morpholine rings is 1. The van der Waals surface area contributed by atoms with Crippen molar-refractivity contribution < 1.29 is 21.6 Å². The van der Waals surface area contributed by atoms with Gasteiger partial charge in [-0.15, -0.1) is 0 Å². The molecule has 1 saturated heterocycles. The molecule has 0 amide bonds. The summed E-state index contributed by atoms with van der Waals surface area (Å²) in [6, 6.07) is 8.41. The number of sulfone groups is 1. The van der Waals surface area contributed by atoms with Crippen LogP contribution < -0.4 is 9.62 Å². The zero-order chi connectivity index (χ0) is 21.2. The van der Waals surface area contributed by atoms with E-state index < -0.39 is 19.9 Å². The molecular weight excluding hydrogens is 416 g/mol. The fourth-order valence-electron chi connectivity index (χ4n) is 3.07. The SMILES string of the molecule is C[C@H]1COCCN1c1cc(CS(C)(=O)=O)nc(-c2ccc(NS(C)(=O)=O)cc2)n1. The van der Waals surface area contributed by atoms with E-state index in [1.165, 1.54) is 0 Å². The number of nitrogens with zero attached hydrogens (tertiary/aromatic N) is 3. The summed E-state index contributed by atoms with van der Waals surface area (Å²) in [5.74, 6) is 0.829. The summed E-state index contributed by atoms with van der Waals surface area (Å²) in [6.07, 6.45) is 2.24. The summed E-state index contributed by atoms with van der Waals surface area (Å²) < 4.78 is 54.3. The molecule has 1 aliphatic rings. The maximum absolute atomic E-state index is 11.8. The van der Waals surface area contributed by atoms with E-state index >= 15 is 0 Å². The highest BCUT2D eigenvalue weighted by molar-refractivity contribution is 7.92. The van der Waals surface area contributed by atoms with Gasteiger partial charge in [0.2, 0.25) is 10.0 Å². The van der Waals surface area contributed by atoms with E-state index in [-0.39, 0.29) is 11.8 Å². The van der Waals surface area contributed by atoms with Gasteiger partial charge >= 0.3 is 0 Å². The molecule has 1 N–H and O–H groups in total. The predicted molar refractivity (Wildman–Crippen MR) is 112 cm³/mol. The summed E-state index contributed by atoms with van der Waals surface area (Å²) >= 11 is 0. The summed E-state index contributed by atoms with van der Waals surface area (Å²) in [4.78, 5) is 11.1. The Morgan fingerprint density at radius 1 is 1.14 bits per heavy atom. The zero-order valence-corrected chi connectivity index (χ0v) is 18.1. The van der Waals surface area contributed by atoms with Gasteiger partial charge in [0, 0.05) is 30.1 Å². The van der Waals surface area contributed by atoms with Gasteiger partial charge in [-0.05, 0) is 31.2 Å². The van der Waals surface area contributed by atoms with Crippen LogP contribution in [0.4, 0.5) is 11.5 Å². The standard InChI is InChI=1S/C18H24N4O5S2/c1-13-11-27-9-8-22(13)17-10-16(12-28(2,23)24)19-18(20-17)14-4-6-15(7-5-14)21-29(3,25)26/h4-7,10,13,21H,8-9,11-12H2,1-3H3/t13-/m0/s1. The van der Waals surface area contributed by atoms with Crippen molar-refractivity contribution >= 4 is 31.4 Å². The third kappa shape index (κ3) is 6.12. The van der Waals surface area contributed by atoms with Crippen LogP contribution in [0.5, 0.6) is 0 Å². The van der Waals surface area contributed by atoms with Crippen molar-refractivity contribution in [2.24, 2.45) is 0 Å². The molecule has 0 saturated carbocycles. The van der Waals surface area contributed by atoms with Crippen LogP contribution in [-0.4, -0.2) is 65.1 Å². The topological polar surface area (TPSA) is 119 Å². The zero-order valence-electron chi connectivity index (χ0n) is 16.5. The number of aromatic nitrogens is 2. The molecule has 3 rings (SSSR count). The van der Waals surface area contributed by atoms with Gasteiger partial charge in [-0.25, -0.2) is 26.8 Å². The van der Waals surface area contributed by atoms with E-state index in [0.717, 1.165) is 12.5 Å². The number of hydrogen-bond donors (Lipinski definition) is 1. The quantitative estimate of drug-likeness (QED) is 0.714. The molecule has 29 heavy (non-hydrogen) atoms. The van der Waals surface area contributed by atoms with Crippen LogP contribution in [0.25, 0.3) is 11.4 Å². The van der Waals surface area contributed by atoms with Crippen molar-refractivity contribution in [3.05, 3.63) is 36.0 Å². The number of sulfonamides is 1. The third-order valence-electron chi connectivity index (χ3n) is 4.28. The molecule has 1 atom stereocenters. The van der Waals surface area contributed by atoms with Gasteiger partial charge in [-0.2, -0.15) is 0 Å². The van der Waals surface area contributed by atoms with Gasteiger partial charge in [0.05, 0.1) is 37.0 Å². The molecule has 0 radical (unpaired) electrons. The largest absolute Gasteiger partial charge is 0.377 e. The number of benzene rings is 1. The highest BCUT2D eigenvalue weighted by Crippen LogP contribution is 2.25. The second-order valence-electron chi connectivity index (χ2n) is 7.18. The van der Waals surface area contributed by atoms with Crippen molar-refractivity contribution in [2.45, 2.75) is 18.7 Å². The lowest BCUT2D eigenvalue weighted by atomic mass is 10.2. The van der Waals surface area contributed by atoms with Crippen molar-refractivity contribution in [3.63, 3.8) is 0 Å². The average molecular weight is 441 g/mol. The lowest BCUT2D eigenvalue weighted by molar-refractivity contribution is 0.0985. The van der Waals surface area contributed by atoms with E-state index in [4.69, 9.17) is 4.74 Å². The maximum atomic E-state index is 11.8. The first-order chi connectivity index (χ1) is 13.5. The Hall–Kier alpha value is -2.24. The van der Waals surface area contributed by atoms with Crippen LogP contribution in [0.3, 0.4) is 0 Å². The van der Waals surface area contributed by atoms with E-state index in [1.54, 1.807) is 30.3 Å². The molecule has 0 unspecified atom stereocenters. The maximum Gasteiger partial charge on any atom is 0.229 e. The van der Waals surface area contributed by atoms with Crippen LogP contribution in [-0.2, 0) is 30.4 Å². The fraction of sp³-hybridized carbons (Fsp3) is 0.444. The number of nitrogens with one attached hydrogen (secondary N) is 1. The molecule has 0 bridgehead atoms. The predicted octanol–water partition coefficient (Wildman–Crippen LogP) is 1.28. The Labute approximate surface area is 171 Å². The molecule has 1 aromatic carbocycles. The van der Waals surface area contributed by atoms with E-state index in [1.807, 2.05) is 6.92 Å². The molecule has 9 nitrogen and oxygen atoms in total. The van der Waals surface area contributed by atoms with Gasteiger partial charge in [0.25, 0.3) is 0 Å². The summed E-state index contributed by atoms with van der Waals surface area (Å²) in [7, 11) is -6.65. The normalized spacial score (nSPS) is 17.9. The van der Waals surface area contributed by atoms with E-state index in [2.05, 4.69) is 19.6 Å². The lowest BCUT2D eigenvalue weighted by Gasteiger charge is -2.34. The van der Waals surface area contributed by atoms with E-state index in [9.17, 15) is 16.8 Å². The van der Waals surface area contributed by atoms with Crippen LogP contribution in [0, 0.1) is 0 Å². The van der Waals surface area contributed by atoms with Crippen molar-refractivity contribution in [1.29, 1.82) is 0 Å². The van der Waals surface area contributed by atoms with Crippen LogP contribution >= 0.6 is 0 Å². The van der Waals surface area contributed by atoms with Gasteiger partial charge < -0.3 is 9.64 Å². The number of anilines is 2. The second-order valence-corrected chi connectivity index (χ2v) is 11.1. The fourth-order valence-corrected chi connectivity index (χ4v) is 4.32. The van der Waals surface area contributed by atoms with Crippen molar-refractivity contribution in [1.82, 2.24) is 9.97 Å². The Balaban J connectivity index is 2.00. The van der Waals surface area contributed by atoms with Crippen molar-refractivity contribution in [2.75, 3.05) is 41.9 Å². The molecule has 2 aromatic rings. The Bertz CT molecular complexity index is 1090.